The van der Waals surface area contributed by atoms with Crippen LogP contribution in [0, 0.1) is 11.8 Å². The standard InChI is InChI=1S/C22H33NO4/c1-21(2,3)16-11-13(12-17(18(16)24)22(4,5)6)23-19(25)14-9-7-8-10-15(14)20(26)27/h11-12,14-15,24H,7-10H2,1-6H3,(H,23,25)(H,26,27). The third-order valence-electron chi connectivity index (χ3n) is 5.41. The minimum atomic E-state index is -0.897. The molecule has 0 aliphatic heterocycles. The predicted octanol–water partition coefficient (Wildman–Crippen LogP) is 4.82. The number of carbonyl (C=O) groups is 2. The van der Waals surface area contributed by atoms with Gasteiger partial charge in [0.05, 0.1) is 11.8 Å². The number of benzene rings is 1. The van der Waals surface area contributed by atoms with Gasteiger partial charge in [0.25, 0.3) is 0 Å². The van der Waals surface area contributed by atoms with Crippen molar-refractivity contribution in [2.75, 3.05) is 5.32 Å². The van der Waals surface area contributed by atoms with Gasteiger partial charge in [0.15, 0.2) is 0 Å². The maximum absolute atomic E-state index is 12.9. The summed E-state index contributed by atoms with van der Waals surface area (Å²) in [6.45, 7) is 12.1. The number of aliphatic carboxylic acids is 1. The summed E-state index contributed by atoms with van der Waals surface area (Å²) in [4.78, 5) is 24.4. The van der Waals surface area contributed by atoms with Crippen molar-refractivity contribution in [1.82, 2.24) is 0 Å². The van der Waals surface area contributed by atoms with Crippen molar-refractivity contribution in [3.8, 4) is 5.75 Å². The molecule has 0 spiro atoms. The molecule has 150 valence electrons. The molecular formula is C22H33NO4. The molecule has 0 radical (unpaired) electrons. The highest BCUT2D eigenvalue weighted by Gasteiger charge is 2.36. The van der Waals surface area contributed by atoms with E-state index in [1.807, 2.05) is 41.5 Å². The van der Waals surface area contributed by atoms with Crippen molar-refractivity contribution in [2.24, 2.45) is 11.8 Å². The van der Waals surface area contributed by atoms with Gasteiger partial charge in [0, 0.05) is 16.8 Å². The molecule has 1 aromatic rings. The van der Waals surface area contributed by atoms with E-state index in [0.29, 0.717) is 18.5 Å². The highest BCUT2D eigenvalue weighted by molar-refractivity contribution is 5.95. The highest BCUT2D eigenvalue weighted by atomic mass is 16.4. The van der Waals surface area contributed by atoms with E-state index in [1.54, 1.807) is 12.1 Å². The minimum Gasteiger partial charge on any atom is -0.507 e. The molecule has 1 amide bonds. The van der Waals surface area contributed by atoms with Crippen LogP contribution in [0.2, 0.25) is 0 Å². The van der Waals surface area contributed by atoms with Crippen LogP contribution in [0.25, 0.3) is 0 Å². The van der Waals surface area contributed by atoms with Gasteiger partial charge in [-0.2, -0.15) is 0 Å². The van der Waals surface area contributed by atoms with Gasteiger partial charge in [-0.05, 0) is 35.8 Å². The van der Waals surface area contributed by atoms with Crippen molar-refractivity contribution in [1.29, 1.82) is 0 Å². The average molecular weight is 376 g/mol. The molecule has 0 saturated heterocycles. The zero-order valence-electron chi connectivity index (χ0n) is 17.3. The number of aromatic hydroxyl groups is 1. The van der Waals surface area contributed by atoms with Gasteiger partial charge in [-0.25, -0.2) is 0 Å². The van der Waals surface area contributed by atoms with Crippen LogP contribution >= 0.6 is 0 Å². The number of nitrogens with one attached hydrogen (secondary N) is 1. The first-order valence-electron chi connectivity index (χ1n) is 9.74. The molecule has 1 saturated carbocycles. The second-order valence-corrected chi connectivity index (χ2v) is 9.74. The first-order chi connectivity index (χ1) is 12.3. The summed E-state index contributed by atoms with van der Waals surface area (Å²) in [5.41, 5.74) is 1.56. The number of phenolic OH excluding ortho intramolecular Hbond substituents is 1. The summed E-state index contributed by atoms with van der Waals surface area (Å²) in [6, 6.07) is 3.61. The van der Waals surface area contributed by atoms with Crippen molar-refractivity contribution in [2.45, 2.75) is 78.1 Å². The maximum Gasteiger partial charge on any atom is 0.307 e. The number of hydrogen-bond donors (Lipinski definition) is 3. The summed E-state index contributed by atoms with van der Waals surface area (Å²) in [6.07, 6.45) is 2.86. The molecule has 1 fully saturated rings. The normalized spacial score (nSPS) is 21.0. The van der Waals surface area contributed by atoms with Crippen molar-refractivity contribution in [3.63, 3.8) is 0 Å². The first kappa shape index (κ1) is 21.3. The van der Waals surface area contributed by atoms with E-state index in [0.717, 1.165) is 24.0 Å². The van der Waals surface area contributed by atoms with Gasteiger partial charge in [-0.1, -0.05) is 54.4 Å². The Morgan fingerprint density at radius 2 is 1.37 bits per heavy atom. The molecule has 5 heteroatoms. The van der Waals surface area contributed by atoms with E-state index < -0.39 is 17.8 Å². The molecule has 27 heavy (non-hydrogen) atoms. The lowest BCUT2D eigenvalue weighted by molar-refractivity contribution is -0.147. The van der Waals surface area contributed by atoms with E-state index >= 15 is 0 Å². The molecule has 2 atom stereocenters. The molecule has 0 bridgehead atoms. The third-order valence-corrected chi connectivity index (χ3v) is 5.41. The van der Waals surface area contributed by atoms with Crippen LogP contribution in [0.15, 0.2) is 12.1 Å². The van der Waals surface area contributed by atoms with Crippen LogP contribution < -0.4 is 5.32 Å². The largest absolute Gasteiger partial charge is 0.507 e. The molecule has 0 heterocycles. The van der Waals surface area contributed by atoms with Crippen LogP contribution in [0.5, 0.6) is 5.75 Å². The van der Waals surface area contributed by atoms with Gasteiger partial charge in [-0.15, -0.1) is 0 Å². The minimum absolute atomic E-state index is 0.243. The number of carbonyl (C=O) groups excluding carboxylic acids is 1. The Morgan fingerprint density at radius 3 is 1.78 bits per heavy atom. The van der Waals surface area contributed by atoms with Gasteiger partial charge in [0.1, 0.15) is 5.75 Å². The second kappa shape index (κ2) is 7.53. The number of anilines is 1. The maximum atomic E-state index is 12.9. The summed E-state index contributed by atoms with van der Waals surface area (Å²) in [7, 11) is 0. The Labute approximate surface area is 162 Å². The number of carboxylic acid groups (broad SMARTS) is 1. The molecule has 1 aliphatic carbocycles. The fraction of sp³-hybridized carbons (Fsp3) is 0.636. The second-order valence-electron chi connectivity index (χ2n) is 9.74. The van der Waals surface area contributed by atoms with E-state index in [9.17, 15) is 19.8 Å². The van der Waals surface area contributed by atoms with E-state index in [-0.39, 0.29) is 22.5 Å². The first-order valence-corrected chi connectivity index (χ1v) is 9.74. The summed E-state index contributed by atoms with van der Waals surface area (Å²) < 4.78 is 0. The number of amides is 1. The zero-order valence-corrected chi connectivity index (χ0v) is 17.3. The molecule has 2 unspecified atom stereocenters. The molecule has 0 aromatic heterocycles. The van der Waals surface area contributed by atoms with E-state index in [1.165, 1.54) is 0 Å². The molecule has 5 nitrogen and oxygen atoms in total. The van der Waals surface area contributed by atoms with Crippen molar-refractivity contribution in [3.05, 3.63) is 23.3 Å². The van der Waals surface area contributed by atoms with Gasteiger partial charge < -0.3 is 15.5 Å². The van der Waals surface area contributed by atoms with Crippen LogP contribution in [0.1, 0.15) is 78.4 Å². The molecule has 2 rings (SSSR count). The number of rotatable bonds is 3. The van der Waals surface area contributed by atoms with Gasteiger partial charge in [0.2, 0.25) is 5.91 Å². The Kier molecular flexibility index (Phi) is 5.93. The number of hydrogen-bond acceptors (Lipinski definition) is 3. The van der Waals surface area contributed by atoms with Gasteiger partial charge in [-0.3, -0.25) is 9.59 Å². The molecule has 3 N–H and O–H groups in total. The quantitative estimate of drug-likeness (QED) is 0.661. The number of carboxylic acids is 1. The monoisotopic (exact) mass is 375 g/mol. The average Bonchev–Trinajstić information content (AvgIpc) is 2.54. The Bertz CT molecular complexity index is 690. The Morgan fingerprint density at radius 1 is 0.926 bits per heavy atom. The van der Waals surface area contributed by atoms with Crippen molar-refractivity contribution < 1.29 is 19.8 Å². The van der Waals surface area contributed by atoms with Gasteiger partial charge >= 0.3 is 5.97 Å². The lowest BCUT2D eigenvalue weighted by atomic mass is 9.78. The van der Waals surface area contributed by atoms with E-state index in [4.69, 9.17) is 0 Å². The topological polar surface area (TPSA) is 86.6 Å². The van der Waals surface area contributed by atoms with E-state index in [2.05, 4.69) is 5.32 Å². The number of phenols is 1. The zero-order chi connectivity index (χ0) is 20.6. The van der Waals surface area contributed by atoms with Crippen molar-refractivity contribution >= 4 is 17.6 Å². The van der Waals surface area contributed by atoms with Crippen LogP contribution in [-0.4, -0.2) is 22.1 Å². The predicted molar refractivity (Wildman–Crippen MR) is 107 cm³/mol. The smallest absolute Gasteiger partial charge is 0.307 e. The summed E-state index contributed by atoms with van der Waals surface area (Å²) in [5.74, 6) is -2.02. The van der Waals surface area contributed by atoms with Crippen LogP contribution in [-0.2, 0) is 20.4 Å². The SMILES string of the molecule is CC(C)(C)c1cc(NC(=O)C2CCCCC2C(=O)O)cc(C(C)(C)C)c1O. The molecular weight excluding hydrogens is 342 g/mol. The van der Waals surface area contributed by atoms with Crippen LogP contribution in [0.3, 0.4) is 0 Å². The van der Waals surface area contributed by atoms with Crippen LogP contribution in [0.4, 0.5) is 5.69 Å². The molecule has 1 aromatic carbocycles. The fourth-order valence-electron chi connectivity index (χ4n) is 3.83. The Balaban J connectivity index is 2.40. The Hall–Kier alpha value is -2.04. The summed E-state index contributed by atoms with van der Waals surface area (Å²) in [5, 5.41) is 23.2. The lowest BCUT2D eigenvalue weighted by Crippen LogP contribution is -2.36. The summed E-state index contributed by atoms with van der Waals surface area (Å²) >= 11 is 0. The fourth-order valence-corrected chi connectivity index (χ4v) is 3.83. The lowest BCUT2D eigenvalue weighted by Gasteiger charge is -2.30. The highest BCUT2D eigenvalue weighted by Crippen LogP contribution is 2.41. The molecule has 1 aliphatic rings. The third kappa shape index (κ3) is 4.82.